The summed E-state index contributed by atoms with van der Waals surface area (Å²) >= 11 is 0. The van der Waals surface area contributed by atoms with Gasteiger partial charge in [0, 0.05) is 43.8 Å². The molecule has 0 atom stereocenters. The Morgan fingerprint density at radius 1 is 0.235 bits per heavy atom. The smallest absolute Gasteiger partial charge is 0.238 e. The minimum atomic E-state index is -2.90. The van der Waals surface area contributed by atoms with Crippen molar-refractivity contribution in [3.05, 3.63) is 291 Å². The number of hydrogen-bond donors (Lipinski definition) is 0. The van der Waals surface area contributed by atoms with E-state index in [1.54, 1.807) is 0 Å². The molecule has 0 unspecified atom stereocenters. The Labute approximate surface area is 468 Å². The molecule has 15 aromatic rings. The zero-order valence-electron chi connectivity index (χ0n) is 43.8. The third-order valence-corrected chi connectivity index (χ3v) is 20.4. The zero-order chi connectivity index (χ0) is 53.7. The van der Waals surface area contributed by atoms with Gasteiger partial charge in [-0.3, -0.25) is 9.13 Å². The third-order valence-electron chi connectivity index (χ3n) is 15.6. The summed E-state index contributed by atoms with van der Waals surface area (Å²) in [5, 5.41) is 9.46. The van der Waals surface area contributed by atoms with E-state index in [9.17, 15) is 0 Å². The fraction of sp³-hybridized carbons (Fsp3) is 0. The van der Waals surface area contributed by atoms with Crippen LogP contribution in [-0.4, -0.2) is 47.1 Å². The summed E-state index contributed by atoms with van der Waals surface area (Å²) in [5.74, 6) is 3.44. The molecule has 0 aliphatic rings. The van der Waals surface area contributed by atoms with Gasteiger partial charge in [0.1, 0.15) is 0 Å². The highest BCUT2D eigenvalue weighted by molar-refractivity contribution is 7.19. The first-order valence-electron chi connectivity index (χ1n) is 27.2. The van der Waals surface area contributed by atoms with Crippen molar-refractivity contribution in [2.24, 2.45) is 0 Å². The van der Waals surface area contributed by atoms with Gasteiger partial charge in [-0.1, -0.05) is 267 Å². The van der Waals surface area contributed by atoms with Crippen LogP contribution in [0.15, 0.2) is 291 Å². The van der Waals surface area contributed by atoms with Crippen LogP contribution in [0.1, 0.15) is 0 Å². The van der Waals surface area contributed by atoms with Crippen molar-refractivity contribution in [1.29, 1.82) is 0 Å². The van der Waals surface area contributed by atoms with Gasteiger partial charge in [0.05, 0.1) is 22.1 Å². The number of rotatable bonds is 11. The van der Waals surface area contributed by atoms with E-state index in [4.69, 9.17) is 29.9 Å². The van der Waals surface area contributed by atoms with E-state index in [1.165, 1.54) is 20.7 Å². The molecule has 11 aromatic carbocycles. The molecule has 15 rings (SSSR count). The van der Waals surface area contributed by atoms with E-state index in [-0.39, 0.29) is 0 Å². The highest BCUT2D eigenvalue weighted by Gasteiger charge is 2.41. The average molecular weight is 1050 g/mol. The van der Waals surface area contributed by atoms with Gasteiger partial charge in [-0.25, -0.2) is 9.97 Å². The summed E-state index contributed by atoms with van der Waals surface area (Å²) in [6, 6.07) is 103. The summed E-state index contributed by atoms with van der Waals surface area (Å²) in [7, 11) is -2.90. The first kappa shape index (κ1) is 47.5. The average Bonchev–Trinajstić information content (AvgIpc) is 4.25. The summed E-state index contributed by atoms with van der Waals surface area (Å²) in [4.78, 5) is 31.8. The lowest BCUT2D eigenvalue weighted by molar-refractivity contribution is 0.953. The molecule has 81 heavy (non-hydrogen) atoms. The van der Waals surface area contributed by atoms with Crippen molar-refractivity contribution in [3.8, 4) is 68.6 Å². The number of nitrogens with zero attached hydrogens (tertiary/aromatic N) is 8. The fourth-order valence-electron chi connectivity index (χ4n) is 12.1. The highest BCUT2D eigenvalue weighted by atomic mass is 28.3. The largest absolute Gasteiger partial charge is 0.278 e. The maximum Gasteiger partial charge on any atom is 0.238 e. The van der Waals surface area contributed by atoms with E-state index in [2.05, 4.69) is 221 Å². The van der Waals surface area contributed by atoms with Crippen LogP contribution < -0.4 is 20.7 Å². The molecular weight excluding hydrogens is 1000 g/mol. The maximum atomic E-state index is 5.54. The van der Waals surface area contributed by atoms with Gasteiger partial charge in [-0.2, -0.15) is 19.9 Å². The summed E-state index contributed by atoms with van der Waals surface area (Å²) < 4.78 is 4.41. The van der Waals surface area contributed by atoms with Crippen LogP contribution in [0, 0.1) is 0 Å². The van der Waals surface area contributed by atoms with Gasteiger partial charge in [0.15, 0.2) is 31.4 Å². The molecule has 0 saturated heterocycles. The van der Waals surface area contributed by atoms with Crippen LogP contribution in [0.4, 0.5) is 0 Å². The Hall–Kier alpha value is -10.7. The molecule has 0 fully saturated rings. The highest BCUT2D eigenvalue weighted by Crippen LogP contribution is 2.44. The first-order valence-corrected chi connectivity index (χ1v) is 29.2. The molecule has 380 valence electrons. The van der Waals surface area contributed by atoms with Crippen molar-refractivity contribution in [2.45, 2.75) is 0 Å². The van der Waals surface area contributed by atoms with Crippen LogP contribution in [0.25, 0.3) is 112 Å². The second kappa shape index (κ2) is 19.9. The van der Waals surface area contributed by atoms with Crippen LogP contribution in [0.2, 0.25) is 0 Å². The topological polar surface area (TPSA) is 87.2 Å². The number of aromatic nitrogens is 8. The summed E-state index contributed by atoms with van der Waals surface area (Å²) in [5.41, 5.74) is 9.71. The molecule has 4 heterocycles. The van der Waals surface area contributed by atoms with Crippen molar-refractivity contribution in [3.63, 3.8) is 0 Å². The predicted molar refractivity (Wildman–Crippen MR) is 333 cm³/mol. The Balaban J connectivity index is 0.946. The lowest BCUT2D eigenvalue weighted by Gasteiger charge is -2.34. The molecule has 0 radical (unpaired) electrons. The SMILES string of the molecule is c1ccc(-c2nc(-c3ccccc3)nc(-n3c4ccccc4c4c(-c5cccc6c5c5ccccc5n6-c5nc(-c6ccccc6)nc(-c6cccc([Si](c7ccccc7)(c7ccccc7)c7ccccc7)c6)n5)cccc43)n2)cc1. The molecular formula is C72H48N8Si. The standard InChI is InChI=1S/C72H48N8Si/c1-7-26-49(27-8-1)67-73-68(50-28-9-2-10-29-50)76-71(75-67)79-61-44-21-19-40-59(61)65-57(42-24-46-63(65)79)58-43-25-47-64-66(58)60-41-20-22-45-62(60)80(64)72-77-69(51-30-11-3-12-31-51)74-70(78-72)52-32-23-39-56(48-52)81(53-33-13-4-14-34-53,54-35-15-5-16-36-54)55-37-17-6-18-38-55/h1-48H. The van der Waals surface area contributed by atoms with Gasteiger partial charge in [-0.15, -0.1) is 0 Å². The summed E-state index contributed by atoms with van der Waals surface area (Å²) in [6.07, 6.45) is 0. The minimum Gasteiger partial charge on any atom is -0.278 e. The van der Waals surface area contributed by atoms with Crippen molar-refractivity contribution in [2.75, 3.05) is 0 Å². The Morgan fingerprint density at radius 2 is 0.531 bits per heavy atom. The van der Waals surface area contributed by atoms with Crippen LogP contribution in [-0.2, 0) is 0 Å². The second-order valence-corrected chi connectivity index (χ2v) is 24.0. The molecule has 4 aromatic heterocycles. The number of benzene rings is 11. The zero-order valence-corrected chi connectivity index (χ0v) is 44.8. The van der Waals surface area contributed by atoms with Crippen LogP contribution >= 0.6 is 0 Å². The Morgan fingerprint density at radius 3 is 0.926 bits per heavy atom. The molecule has 0 aliphatic carbocycles. The van der Waals surface area contributed by atoms with Crippen molar-refractivity contribution < 1.29 is 0 Å². The molecule has 0 spiro atoms. The van der Waals surface area contributed by atoms with Gasteiger partial charge >= 0.3 is 0 Å². The normalized spacial score (nSPS) is 11.7. The van der Waals surface area contributed by atoms with Gasteiger partial charge in [0.2, 0.25) is 11.9 Å². The second-order valence-electron chi connectivity index (χ2n) is 20.2. The molecule has 8 nitrogen and oxygen atoms in total. The lowest BCUT2D eigenvalue weighted by atomic mass is 9.95. The van der Waals surface area contributed by atoms with Crippen LogP contribution in [0.3, 0.4) is 0 Å². The maximum absolute atomic E-state index is 5.54. The van der Waals surface area contributed by atoms with E-state index >= 15 is 0 Å². The van der Waals surface area contributed by atoms with Crippen molar-refractivity contribution in [1.82, 2.24) is 39.0 Å². The number of hydrogen-bond acceptors (Lipinski definition) is 6. The fourth-order valence-corrected chi connectivity index (χ4v) is 16.9. The summed E-state index contributed by atoms with van der Waals surface area (Å²) in [6.45, 7) is 0. The number of para-hydroxylation sites is 2. The monoisotopic (exact) mass is 1050 g/mol. The van der Waals surface area contributed by atoms with E-state index in [0.29, 0.717) is 35.2 Å². The predicted octanol–water partition coefficient (Wildman–Crippen LogP) is 14.0. The van der Waals surface area contributed by atoms with Gasteiger partial charge in [0.25, 0.3) is 0 Å². The molecule has 0 aliphatic heterocycles. The molecule has 0 amide bonds. The Kier molecular flexibility index (Phi) is 11.7. The third kappa shape index (κ3) is 8.05. The first-order chi connectivity index (χ1) is 40.2. The van der Waals surface area contributed by atoms with Gasteiger partial charge in [-0.05, 0) is 56.1 Å². The molecule has 0 bridgehead atoms. The quantitative estimate of drug-likeness (QED) is 0.0947. The Bertz CT molecular complexity index is 4650. The van der Waals surface area contributed by atoms with E-state index in [1.807, 2.05) is 78.9 Å². The lowest BCUT2D eigenvalue weighted by Crippen LogP contribution is -2.74. The minimum absolute atomic E-state index is 0.526. The molecule has 9 heteroatoms. The molecule has 0 saturated carbocycles. The van der Waals surface area contributed by atoms with Gasteiger partial charge < -0.3 is 0 Å². The van der Waals surface area contributed by atoms with Crippen LogP contribution in [0.5, 0.6) is 0 Å². The van der Waals surface area contributed by atoms with E-state index < -0.39 is 8.07 Å². The number of fused-ring (bicyclic) bond motifs is 6. The van der Waals surface area contributed by atoms with E-state index in [0.717, 1.165) is 77.0 Å². The molecule has 0 N–H and O–H groups in total. The van der Waals surface area contributed by atoms with Crippen molar-refractivity contribution >= 4 is 72.4 Å².